The van der Waals surface area contributed by atoms with Crippen molar-refractivity contribution in [2.24, 2.45) is 9.50 Å². The van der Waals surface area contributed by atoms with Crippen molar-refractivity contribution in [2.75, 3.05) is 14.2 Å². The van der Waals surface area contributed by atoms with E-state index in [0.717, 1.165) is 4.47 Å². The van der Waals surface area contributed by atoms with Crippen LogP contribution in [-0.2, 0) is 10.0 Å². The van der Waals surface area contributed by atoms with Gasteiger partial charge in [0, 0.05) is 17.1 Å². The molecule has 0 spiro atoms. The predicted molar refractivity (Wildman–Crippen MR) is 96.2 cm³/mol. The first-order chi connectivity index (χ1) is 11.8. The molecule has 0 saturated heterocycles. The summed E-state index contributed by atoms with van der Waals surface area (Å²) in [4.78, 5) is 0.135. The van der Waals surface area contributed by atoms with Gasteiger partial charge in [-0.05, 0) is 35.9 Å². The normalized spacial score (nSPS) is 15.1. The van der Waals surface area contributed by atoms with Crippen LogP contribution in [0.2, 0.25) is 0 Å². The molecule has 6 nitrogen and oxygen atoms in total. The van der Waals surface area contributed by atoms with E-state index in [1.807, 2.05) is 0 Å². The summed E-state index contributed by atoms with van der Waals surface area (Å²) in [5.41, 5.74) is 1.06. The molecule has 0 fully saturated rings. The molecule has 1 aliphatic rings. The second kappa shape index (κ2) is 6.57. The number of benzene rings is 2. The second-order valence-electron chi connectivity index (χ2n) is 5.19. The maximum atomic E-state index is 13.4. The van der Waals surface area contributed by atoms with Crippen LogP contribution in [0, 0.1) is 5.82 Å². The van der Waals surface area contributed by atoms with Crippen molar-refractivity contribution < 1.29 is 17.5 Å². The average molecular weight is 426 g/mol. The van der Waals surface area contributed by atoms with Crippen LogP contribution in [0.1, 0.15) is 11.1 Å². The van der Waals surface area contributed by atoms with Crippen LogP contribution in [0.15, 0.2) is 55.3 Å². The molecule has 25 heavy (non-hydrogen) atoms. The van der Waals surface area contributed by atoms with Gasteiger partial charge in [0.2, 0.25) is 0 Å². The van der Waals surface area contributed by atoms with Gasteiger partial charge in [-0.3, -0.25) is 0 Å². The first kappa shape index (κ1) is 17.6. The van der Waals surface area contributed by atoms with Crippen molar-refractivity contribution >= 4 is 38.0 Å². The van der Waals surface area contributed by atoms with Crippen LogP contribution in [-0.4, -0.2) is 39.6 Å². The Labute approximate surface area is 152 Å². The molecule has 0 amide bonds. The van der Waals surface area contributed by atoms with Crippen molar-refractivity contribution in [2.45, 2.75) is 4.90 Å². The van der Waals surface area contributed by atoms with Gasteiger partial charge in [-0.1, -0.05) is 22.0 Å². The summed E-state index contributed by atoms with van der Waals surface area (Å²) in [7, 11) is -0.775. The Hall–Kier alpha value is -2.26. The molecule has 0 N–H and O–H groups in total. The van der Waals surface area contributed by atoms with Crippen molar-refractivity contribution in [3.05, 3.63) is 57.8 Å². The number of nitrogens with zero attached hydrogens (tertiary/aromatic N) is 3. The van der Waals surface area contributed by atoms with E-state index < -0.39 is 15.8 Å². The Balaban J connectivity index is 1.92. The molecule has 0 radical (unpaired) electrons. The standard InChI is InChI=1S/C16H13BrFN3O3S/c1-21(19-9-10-3-5-13(18)14(7-10)24-2)16-12-8-11(17)4-6-15(12)25(22,23)20-16/h3-9H,1-2H3/b19-9+. The fourth-order valence-electron chi connectivity index (χ4n) is 2.31. The van der Waals surface area contributed by atoms with E-state index in [4.69, 9.17) is 4.74 Å². The van der Waals surface area contributed by atoms with Gasteiger partial charge >= 0.3 is 0 Å². The van der Waals surface area contributed by atoms with Gasteiger partial charge in [0.25, 0.3) is 10.0 Å². The fourth-order valence-corrected chi connectivity index (χ4v) is 3.88. The third-order valence-corrected chi connectivity index (χ3v) is 5.35. The maximum Gasteiger partial charge on any atom is 0.285 e. The van der Waals surface area contributed by atoms with Gasteiger partial charge in [-0.2, -0.15) is 13.5 Å². The highest BCUT2D eigenvalue weighted by Gasteiger charge is 2.31. The molecule has 0 aromatic heterocycles. The van der Waals surface area contributed by atoms with Gasteiger partial charge in [-0.25, -0.2) is 9.40 Å². The highest BCUT2D eigenvalue weighted by Crippen LogP contribution is 2.30. The number of hydrogen-bond donors (Lipinski definition) is 0. The molecular weight excluding hydrogens is 413 g/mol. The van der Waals surface area contributed by atoms with E-state index in [1.165, 1.54) is 42.6 Å². The lowest BCUT2D eigenvalue weighted by molar-refractivity contribution is 0.386. The summed E-state index contributed by atoms with van der Waals surface area (Å²) in [6, 6.07) is 9.10. The van der Waals surface area contributed by atoms with Gasteiger partial charge in [-0.15, -0.1) is 4.40 Å². The Morgan fingerprint density at radius 3 is 2.76 bits per heavy atom. The Morgan fingerprint density at radius 1 is 1.28 bits per heavy atom. The molecule has 0 aliphatic carbocycles. The van der Waals surface area contributed by atoms with Crippen LogP contribution < -0.4 is 4.74 Å². The van der Waals surface area contributed by atoms with E-state index >= 15 is 0 Å². The molecule has 0 atom stereocenters. The van der Waals surface area contributed by atoms with Gasteiger partial charge in [0.15, 0.2) is 17.4 Å². The zero-order valence-corrected chi connectivity index (χ0v) is 15.7. The van der Waals surface area contributed by atoms with Crippen LogP contribution in [0.4, 0.5) is 4.39 Å². The number of halogens is 2. The minimum absolute atomic E-state index is 0.0988. The van der Waals surface area contributed by atoms with Crippen molar-refractivity contribution in [1.29, 1.82) is 0 Å². The molecule has 130 valence electrons. The molecule has 2 aromatic rings. The number of hydrazone groups is 1. The molecule has 2 aromatic carbocycles. The SMILES string of the molecule is COc1cc(/C=N/N(C)C2=NS(=O)(=O)c3ccc(Br)cc32)ccc1F. The summed E-state index contributed by atoms with van der Waals surface area (Å²) in [5.74, 6) is -0.165. The smallest absolute Gasteiger partial charge is 0.285 e. The zero-order valence-electron chi connectivity index (χ0n) is 13.3. The first-order valence-electron chi connectivity index (χ1n) is 7.08. The van der Waals surface area contributed by atoms with E-state index in [2.05, 4.69) is 25.4 Å². The molecule has 9 heteroatoms. The van der Waals surface area contributed by atoms with Crippen LogP contribution in [0.3, 0.4) is 0 Å². The monoisotopic (exact) mass is 425 g/mol. The number of fused-ring (bicyclic) bond motifs is 1. The lowest BCUT2D eigenvalue weighted by Crippen LogP contribution is -2.21. The average Bonchev–Trinajstić information content (AvgIpc) is 2.84. The number of rotatable bonds is 3. The van der Waals surface area contributed by atoms with Crippen LogP contribution >= 0.6 is 15.9 Å². The van der Waals surface area contributed by atoms with E-state index in [-0.39, 0.29) is 16.5 Å². The van der Waals surface area contributed by atoms with Crippen LogP contribution in [0.5, 0.6) is 5.75 Å². The summed E-state index contributed by atoms with van der Waals surface area (Å²) >= 11 is 3.32. The highest BCUT2D eigenvalue weighted by atomic mass is 79.9. The summed E-state index contributed by atoms with van der Waals surface area (Å²) in [6.07, 6.45) is 1.47. The van der Waals surface area contributed by atoms with Gasteiger partial charge in [0.05, 0.1) is 13.3 Å². The highest BCUT2D eigenvalue weighted by molar-refractivity contribution is 9.10. The summed E-state index contributed by atoms with van der Waals surface area (Å²) in [6.45, 7) is 0. The van der Waals surface area contributed by atoms with Crippen molar-refractivity contribution in [3.8, 4) is 5.75 Å². The quantitative estimate of drug-likeness (QED) is 0.559. The molecule has 3 rings (SSSR count). The van der Waals surface area contributed by atoms with E-state index in [1.54, 1.807) is 19.2 Å². The summed E-state index contributed by atoms with van der Waals surface area (Å²) < 4.78 is 47.1. The largest absolute Gasteiger partial charge is 0.494 e. The fraction of sp³-hybridized carbons (Fsp3) is 0.125. The number of hydrogen-bond acceptors (Lipinski definition) is 5. The Bertz CT molecular complexity index is 1010. The van der Waals surface area contributed by atoms with Crippen LogP contribution in [0.25, 0.3) is 0 Å². The number of ether oxygens (including phenoxy) is 1. The third kappa shape index (κ3) is 3.42. The molecular formula is C16H13BrFN3O3S. The predicted octanol–water partition coefficient (Wildman–Crippen LogP) is 3.01. The second-order valence-corrected chi connectivity index (χ2v) is 7.68. The molecule has 0 bridgehead atoms. The molecule has 1 aliphatic heterocycles. The van der Waals surface area contributed by atoms with E-state index in [9.17, 15) is 12.8 Å². The Morgan fingerprint density at radius 2 is 2.04 bits per heavy atom. The summed E-state index contributed by atoms with van der Waals surface area (Å²) in [5, 5.41) is 5.55. The number of methoxy groups -OCH3 is 1. The van der Waals surface area contributed by atoms with Crippen molar-refractivity contribution in [3.63, 3.8) is 0 Å². The molecule has 1 heterocycles. The maximum absolute atomic E-state index is 13.4. The van der Waals surface area contributed by atoms with E-state index in [0.29, 0.717) is 11.1 Å². The number of amidine groups is 1. The number of sulfonamides is 1. The topological polar surface area (TPSA) is 71.3 Å². The zero-order chi connectivity index (χ0) is 18.2. The Kier molecular flexibility index (Phi) is 4.61. The third-order valence-electron chi connectivity index (χ3n) is 3.53. The van der Waals surface area contributed by atoms with Crippen molar-refractivity contribution in [1.82, 2.24) is 5.01 Å². The minimum atomic E-state index is -3.73. The van der Waals surface area contributed by atoms with Gasteiger partial charge in [0.1, 0.15) is 4.90 Å². The minimum Gasteiger partial charge on any atom is -0.494 e. The molecule has 0 saturated carbocycles. The first-order valence-corrected chi connectivity index (χ1v) is 9.31. The van der Waals surface area contributed by atoms with Gasteiger partial charge < -0.3 is 4.74 Å². The lowest BCUT2D eigenvalue weighted by atomic mass is 10.2. The molecule has 0 unspecified atom stereocenters. The lowest BCUT2D eigenvalue weighted by Gasteiger charge is -2.12.